The van der Waals surface area contributed by atoms with Crippen LogP contribution in [0.1, 0.15) is 31.7 Å². The van der Waals surface area contributed by atoms with Crippen molar-refractivity contribution in [2.45, 2.75) is 45.2 Å². The van der Waals surface area contributed by atoms with Gasteiger partial charge in [-0.2, -0.15) is 0 Å². The lowest BCUT2D eigenvalue weighted by atomic mass is 10.0. The zero-order chi connectivity index (χ0) is 14.4. The standard InChI is InChI=1S/C16H24N2O2/c1-12-6-8-14(9-7-12)20-11-13(2)18-16(19)15-5-3-4-10-17-15/h6-9,13,15,17H,3-5,10-11H2,1-2H3,(H,18,19)/t13?,15-/m0/s1. The van der Waals surface area contributed by atoms with Crippen LogP contribution >= 0.6 is 0 Å². The van der Waals surface area contributed by atoms with Gasteiger partial charge in [0.2, 0.25) is 5.91 Å². The van der Waals surface area contributed by atoms with Gasteiger partial charge in [-0.15, -0.1) is 0 Å². The fraction of sp³-hybridized carbons (Fsp3) is 0.562. The topological polar surface area (TPSA) is 50.4 Å². The maximum atomic E-state index is 12.0. The first-order valence-corrected chi connectivity index (χ1v) is 7.38. The van der Waals surface area contributed by atoms with Gasteiger partial charge >= 0.3 is 0 Å². The molecule has 4 nitrogen and oxygen atoms in total. The van der Waals surface area contributed by atoms with Crippen molar-refractivity contribution < 1.29 is 9.53 Å². The molecule has 0 spiro atoms. The summed E-state index contributed by atoms with van der Waals surface area (Å²) in [7, 11) is 0. The summed E-state index contributed by atoms with van der Waals surface area (Å²) in [4.78, 5) is 12.0. The molecule has 20 heavy (non-hydrogen) atoms. The molecule has 2 N–H and O–H groups in total. The van der Waals surface area contributed by atoms with Gasteiger partial charge in [0, 0.05) is 0 Å². The second kappa shape index (κ2) is 7.29. The predicted octanol–water partition coefficient (Wildman–Crippen LogP) is 2.02. The molecule has 1 aromatic rings. The smallest absolute Gasteiger partial charge is 0.237 e. The molecule has 1 aromatic carbocycles. The number of amides is 1. The average molecular weight is 276 g/mol. The number of rotatable bonds is 5. The van der Waals surface area contributed by atoms with Crippen molar-refractivity contribution in [3.05, 3.63) is 29.8 Å². The van der Waals surface area contributed by atoms with E-state index >= 15 is 0 Å². The van der Waals surface area contributed by atoms with E-state index in [0.717, 1.165) is 31.6 Å². The minimum absolute atomic E-state index is 0.00697. The van der Waals surface area contributed by atoms with Crippen LogP contribution in [0.15, 0.2) is 24.3 Å². The highest BCUT2D eigenvalue weighted by Gasteiger charge is 2.21. The lowest BCUT2D eigenvalue weighted by Gasteiger charge is -2.24. The van der Waals surface area contributed by atoms with Crippen molar-refractivity contribution >= 4 is 5.91 Å². The van der Waals surface area contributed by atoms with Crippen LogP contribution < -0.4 is 15.4 Å². The molecule has 1 unspecified atom stereocenters. The number of hydrogen-bond acceptors (Lipinski definition) is 3. The molecule has 0 bridgehead atoms. The highest BCUT2D eigenvalue weighted by molar-refractivity contribution is 5.82. The van der Waals surface area contributed by atoms with E-state index < -0.39 is 0 Å². The van der Waals surface area contributed by atoms with Crippen LogP contribution in [0.4, 0.5) is 0 Å². The summed E-state index contributed by atoms with van der Waals surface area (Å²) in [5, 5.41) is 6.26. The number of aryl methyl sites for hydroxylation is 1. The van der Waals surface area contributed by atoms with Crippen molar-refractivity contribution in [3.8, 4) is 5.75 Å². The number of hydrogen-bond donors (Lipinski definition) is 2. The summed E-state index contributed by atoms with van der Waals surface area (Å²) in [6.45, 7) is 5.44. The molecular formula is C16H24N2O2. The Morgan fingerprint density at radius 3 is 2.80 bits per heavy atom. The van der Waals surface area contributed by atoms with E-state index in [2.05, 4.69) is 10.6 Å². The van der Waals surface area contributed by atoms with Gasteiger partial charge in [0.25, 0.3) is 0 Å². The van der Waals surface area contributed by atoms with Crippen molar-refractivity contribution in [1.82, 2.24) is 10.6 Å². The molecule has 0 aromatic heterocycles. The molecule has 1 heterocycles. The second-order valence-electron chi connectivity index (χ2n) is 5.54. The summed E-state index contributed by atoms with van der Waals surface area (Å²) in [6.07, 6.45) is 3.21. The van der Waals surface area contributed by atoms with Crippen molar-refractivity contribution in [1.29, 1.82) is 0 Å². The van der Waals surface area contributed by atoms with E-state index in [1.54, 1.807) is 0 Å². The normalized spacial score (nSPS) is 20.2. The zero-order valence-electron chi connectivity index (χ0n) is 12.3. The Bertz CT molecular complexity index is 425. The van der Waals surface area contributed by atoms with Crippen molar-refractivity contribution in [2.24, 2.45) is 0 Å². The molecule has 0 radical (unpaired) electrons. The summed E-state index contributed by atoms with van der Waals surface area (Å²) < 4.78 is 5.68. The van der Waals surface area contributed by atoms with Gasteiger partial charge in [0.05, 0.1) is 12.1 Å². The fourth-order valence-electron chi connectivity index (χ4n) is 2.32. The number of nitrogens with one attached hydrogen (secondary N) is 2. The van der Waals surface area contributed by atoms with E-state index in [1.165, 1.54) is 5.56 Å². The van der Waals surface area contributed by atoms with Gasteiger partial charge < -0.3 is 15.4 Å². The number of carbonyl (C=O) groups is 1. The van der Waals surface area contributed by atoms with Gasteiger partial charge in [-0.1, -0.05) is 24.1 Å². The predicted molar refractivity (Wildman–Crippen MR) is 79.9 cm³/mol. The highest BCUT2D eigenvalue weighted by Crippen LogP contribution is 2.12. The van der Waals surface area contributed by atoms with Gasteiger partial charge in [-0.3, -0.25) is 4.79 Å². The van der Waals surface area contributed by atoms with E-state index in [0.29, 0.717) is 6.61 Å². The minimum atomic E-state index is -0.0365. The quantitative estimate of drug-likeness (QED) is 0.865. The third kappa shape index (κ3) is 4.53. The van der Waals surface area contributed by atoms with Gasteiger partial charge in [0.15, 0.2) is 0 Å². The first-order chi connectivity index (χ1) is 9.65. The average Bonchev–Trinajstić information content (AvgIpc) is 2.47. The lowest BCUT2D eigenvalue weighted by Crippen LogP contribution is -2.50. The fourth-order valence-corrected chi connectivity index (χ4v) is 2.32. The molecule has 1 aliphatic heterocycles. The molecule has 1 fully saturated rings. The number of ether oxygens (including phenoxy) is 1. The van der Waals surface area contributed by atoms with Gasteiger partial charge in [-0.25, -0.2) is 0 Å². The largest absolute Gasteiger partial charge is 0.491 e. The number of benzene rings is 1. The van der Waals surface area contributed by atoms with Crippen LogP contribution in [0.2, 0.25) is 0 Å². The Morgan fingerprint density at radius 2 is 2.15 bits per heavy atom. The molecule has 2 atom stereocenters. The molecular weight excluding hydrogens is 252 g/mol. The van der Waals surface area contributed by atoms with E-state index in [1.807, 2.05) is 38.1 Å². The summed E-state index contributed by atoms with van der Waals surface area (Å²) in [5.41, 5.74) is 1.21. The Hall–Kier alpha value is -1.55. The first-order valence-electron chi connectivity index (χ1n) is 7.38. The Kier molecular flexibility index (Phi) is 5.41. The van der Waals surface area contributed by atoms with Gasteiger partial charge in [0.1, 0.15) is 12.4 Å². The first kappa shape index (κ1) is 14.9. The van der Waals surface area contributed by atoms with Crippen LogP contribution in [-0.2, 0) is 4.79 Å². The Labute approximate surface area is 120 Å². The SMILES string of the molecule is Cc1ccc(OCC(C)NC(=O)[C@@H]2CCCCN2)cc1. The van der Waals surface area contributed by atoms with Crippen molar-refractivity contribution in [3.63, 3.8) is 0 Å². The Morgan fingerprint density at radius 1 is 1.40 bits per heavy atom. The monoisotopic (exact) mass is 276 g/mol. The minimum Gasteiger partial charge on any atom is -0.491 e. The van der Waals surface area contributed by atoms with Crippen LogP contribution in [0.25, 0.3) is 0 Å². The van der Waals surface area contributed by atoms with Crippen LogP contribution in [0.5, 0.6) is 5.75 Å². The maximum Gasteiger partial charge on any atom is 0.237 e. The van der Waals surface area contributed by atoms with Gasteiger partial charge in [-0.05, 0) is 45.4 Å². The van der Waals surface area contributed by atoms with Crippen LogP contribution in [0, 0.1) is 6.92 Å². The van der Waals surface area contributed by atoms with E-state index in [-0.39, 0.29) is 18.0 Å². The number of piperidine rings is 1. The molecule has 1 amide bonds. The zero-order valence-corrected chi connectivity index (χ0v) is 12.3. The molecule has 1 aliphatic rings. The molecule has 4 heteroatoms. The van der Waals surface area contributed by atoms with Crippen LogP contribution in [0.3, 0.4) is 0 Å². The molecule has 1 saturated heterocycles. The maximum absolute atomic E-state index is 12.0. The molecule has 0 saturated carbocycles. The highest BCUT2D eigenvalue weighted by atomic mass is 16.5. The lowest BCUT2D eigenvalue weighted by molar-refractivity contribution is -0.124. The Balaban J connectivity index is 1.73. The second-order valence-corrected chi connectivity index (χ2v) is 5.54. The molecule has 110 valence electrons. The van der Waals surface area contributed by atoms with Crippen molar-refractivity contribution in [2.75, 3.05) is 13.2 Å². The van der Waals surface area contributed by atoms with E-state index in [4.69, 9.17) is 4.74 Å². The summed E-state index contributed by atoms with van der Waals surface area (Å²) in [6, 6.07) is 7.91. The van der Waals surface area contributed by atoms with E-state index in [9.17, 15) is 4.79 Å². The summed E-state index contributed by atoms with van der Waals surface area (Å²) in [5.74, 6) is 0.928. The molecule has 0 aliphatic carbocycles. The van der Waals surface area contributed by atoms with Crippen LogP contribution in [-0.4, -0.2) is 31.1 Å². The third-order valence-corrected chi connectivity index (χ3v) is 3.54. The third-order valence-electron chi connectivity index (χ3n) is 3.54. The number of carbonyl (C=O) groups excluding carboxylic acids is 1. The molecule has 2 rings (SSSR count). The summed E-state index contributed by atoms with van der Waals surface area (Å²) >= 11 is 0.